The van der Waals surface area contributed by atoms with E-state index in [2.05, 4.69) is 4.72 Å². The summed E-state index contributed by atoms with van der Waals surface area (Å²) < 4.78 is 26.9. The summed E-state index contributed by atoms with van der Waals surface area (Å²) in [4.78, 5) is 0. The molecular weight excluding hydrogens is 306 g/mol. The fourth-order valence-corrected chi connectivity index (χ4v) is 3.57. The summed E-state index contributed by atoms with van der Waals surface area (Å²) in [5, 5.41) is 0.471. The molecule has 2 aromatic carbocycles. The molecule has 0 amide bonds. The molecule has 0 aromatic heterocycles. The molecule has 112 valence electrons. The van der Waals surface area contributed by atoms with E-state index in [0.29, 0.717) is 17.1 Å². The second-order valence-electron chi connectivity index (χ2n) is 5.01. The summed E-state index contributed by atoms with van der Waals surface area (Å²) in [6, 6.07) is 16.8. The Labute approximate surface area is 131 Å². The van der Waals surface area contributed by atoms with E-state index in [1.54, 1.807) is 24.3 Å². The molecule has 1 N–H and O–H groups in total. The van der Waals surface area contributed by atoms with Gasteiger partial charge in [-0.25, -0.2) is 13.1 Å². The second kappa shape index (κ2) is 7.07. The van der Waals surface area contributed by atoms with Crippen molar-refractivity contribution in [1.82, 2.24) is 4.72 Å². The van der Waals surface area contributed by atoms with Gasteiger partial charge in [-0.05, 0) is 23.1 Å². The molecule has 21 heavy (non-hydrogen) atoms. The van der Waals surface area contributed by atoms with Crippen molar-refractivity contribution in [3.8, 4) is 0 Å². The zero-order valence-corrected chi connectivity index (χ0v) is 13.4. The largest absolute Gasteiger partial charge is 0.215 e. The highest BCUT2D eigenvalue weighted by atomic mass is 35.5. The molecule has 0 aliphatic carbocycles. The Morgan fingerprint density at radius 2 is 1.67 bits per heavy atom. The third-order valence-corrected chi connectivity index (χ3v) is 4.95. The van der Waals surface area contributed by atoms with Gasteiger partial charge in [-0.15, -0.1) is 0 Å². The topological polar surface area (TPSA) is 46.2 Å². The molecular formula is C16H18ClNO2S. The van der Waals surface area contributed by atoms with Gasteiger partial charge in [0.05, 0.1) is 5.75 Å². The van der Waals surface area contributed by atoms with E-state index in [1.807, 2.05) is 37.3 Å². The van der Waals surface area contributed by atoms with Gasteiger partial charge in [0.2, 0.25) is 10.0 Å². The summed E-state index contributed by atoms with van der Waals surface area (Å²) >= 11 is 6.00. The number of sulfonamides is 1. The lowest BCUT2D eigenvalue weighted by atomic mass is 10.0. The minimum Gasteiger partial charge on any atom is -0.214 e. The smallest absolute Gasteiger partial charge is 0.214 e. The van der Waals surface area contributed by atoms with Crippen LogP contribution in [0.1, 0.15) is 24.0 Å². The van der Waals surface area contributed by atoms with E-state index in [1.165, 1.54) is 0 Å². The molecule has 0 bridgehead atoms. The van der Waals surface area contributed by atoms with Crippen LogP contribution in [-0.2, 0) is 15.8 Å². The molecule has 5 heteroatoms. The highest BCUT2D eigenvalue weighted by molar-refractivity contribution is 7.88. The fourth-order valence-electron chi connectivity index (χ4n) is 2.02. The molecule has 0 fully saturated rings. The molecule has 1 atom stereocenters. The van der Waals surface area contributed by atoms with Crippen molar-refractivity contribution in [2.75, 3.05) is 6.54 Å². The van der Waals surface area contributed by atoms with Gasteiger partial charge < -0.3 is 0 Å². The monoisotopic (exact) mass is 323 g/mol. The third-order valence-electron chi connectivity index (χ3n) is 3.28. The SMILES string of the molecule is CC(CNS(=O)(=O)Cc1ccccc1Cl)c1ccccc1. The van der Waals surface area contributed by atoms with Gasteiger partial charge in [0.1, 0.15) is 0 Å². The Bertz CT molecular complexity index is 686. The second-order valence-corrected chi connectivity index (χ2v) is 7.22. The lowest BCUT2D eigenvalue weighted by Crippen LogP contribution is -2.29. The number of halogens is 1. The van der Waals surface area contributed by atoms with E-state index >= 15 is 0 Å². The lowest BCUT2D eigenvalue weighted by molar-refractivity contribution is 0.574. The number of nitrogens with one attached hydrogen (secondary N) is 1. The van der Waals surface area contributed by atoms with Crippen molar-refractivity contribution < 1.29 is 8.42 Å². The summed E-state index contributed by atoms with van der Waals surface area (Å²) in [7, 11) is -3.39. The number of benzene rings is 2. The molecule has 1 unspecified atom stereocenters. The first-order chi connectivity index (χ1) is 9.98. The van der Waals surface area contributed by atoms with Crippen LogP contribution in [0.3, 0.4) is 0 Å². The van der Waals surface area contributed by atoms with Crippen LogP contribution in [0, 0.1) is 0 Å². The van der Waals surface area contributed by atoms with E-state index in [0.717, 1.165) is 5.56 Å². The van der Waals surface area contributed by atoms with Crippen LogP contribution in [0.5, 0.6) is 0 Å². The van der Waals surface area contributed by atoms with E-state index in [4.69, 9.17) is 11.6 Å². The van der Waals surface area contributed by atoms with Gasteiger partial charge >= 0.3 is 0 Å². The molecule has 3 nitrogen and oxygen atoms in total. The zero-order chi connectivity index (χ0) is 15.3. The van der Waals surface area contributed by atoms with Crippen molar-refractivity contribution >= 4 is 21.6 Å². The summed E-state index contributed by atoms with van der Waals surface area (Å²) in [6.07, 6.45) is 0. The minimum atomic E-state index is -3.39. The summed E-state index contributed by atoms with van der Waals surface area (Å²) in [5.74, 6) is 0.0148. The first kappa shape index (κ1) is 16.0. The molecule has 2 aromatic rings. The molecule has 0 spiro atoms. The Kier molecular flexibility index (Phi) is 5.39. The Morgan fingerprint density at radius 1 is 1.05 bits per heavy atom. The van der Waals surface area contributed by atoms with Crippen molar-refractivity contribution in [3.05, 3.63) is 70.7 Å². The maximum absolute atomic E-state index is 12.1. The lowest BCUT2D eigenvalue weighted by Gasteiger charge is -2.13. The molecule has 2 rings (SSSR count). The fraction of sp³-hybridized carbons (Fsp3) is 0.250. The Balaban J connectivity index is 1.97. The van der Waals surface area contributed by atoms with Crippen LogP contribution >= 0.6 is 11.6 Å². The first-order valence-electron chi connectivity index (χ1n) is 6.73. The first-order valence-corrected chi connectivity index (χ1v) is 8.76. The summed E-state index contributed by atoms with van der Waals surface area (Å²) in [6.45, 7) is 2.37. The van der Waals surface area contributed by atoms with Gasteiger partial charge in [0.25, 0.3) is 0 Å². The van der Waals surface area contributed by atoms with Crippen LogP contribution < -0.4 is 4.72 Å². The average molecular weight is 324 g/mol. The summed E-state index contributed by atoms with van der Waals surface area (Å²) in [5.41, 5.74) is 1.72. The predicted octanol–water partition coefficient (Wildman–Crippen LogP) is 3.56. The maximum Gasteiger partial charge on any atom is 0.215 e. The van der Waals surface area contributed by atoms with Crippen LogP contribution in [0.25, 0.3) is 0 Å². The van der Waals surface area contributed by atoms with E-state index < -0.39 is 10.0 Å². The third kappa shape index (κ3) is 4.84. The molecule has 0 saturated heterocycles. The molecule has 0 heterocycles. The van der Waals surface area contributed by atoms with Crippen LogP contribution in [-0.4, -0.2) is 15.0 Å². The van der Waals surface area contributed by atoms with Crippen LogP contribution in [0.2, 0.25) is 5.02 Å². The average Bonchev–Trinajstić information content (AvgIpc) is 2.48. The molecule has 0 aliphatic heterocycles. The zero-order valence-electron chi connectivity index (χ0n) is 11.8. The van der Waals surface area contributed by atoms with Crippen molar-refractivity contribution in [1.29, 1.82) is 0 Å². The number of hydrogen-bond donors (Lipinski definition) is 1. The van der Waals surface area contributed by atoms with E-state index in [9.17, 15) is 8.42 Å². The predicted molar refractivity (Wildman–Crippen MR) is 86.9 cm³/mol. The van der Waals surface area contributed by atoms with Gasteiger partial charge in [0, 0.05) is 11.6 Å². The van der Waals surface area contributed by atoms with Gasteiger partial charge in [-0.1, -0.05) is 67.1 Å². The minimum absolute atomic E-state index is 0.103. The van der Waals surface area contributed by atoms with Crippen molar-refractivity contribution in [2.24, 2.45) is 0 Å². The molecule has 0 aliphatic rings. The number of hydrogen-bond acceptors (Lipinski definition) is 2. The normalized spacial score (nSPS) is 13.0. The standard InChI is InChI=1S/C16H18ClNO2S/c1-13(14-7-3-2-4-8-14)11-18-21(19,20)12-15-9-5-6-10-16(15)17/h2-10,13,18H,11-12H2,1H3. The number of rotatable bonds is 6. The van der Waals surface area contributed by atoms with Crippen LogP contribution in [0.4, 0.5) is 0 Å². The van der Waals surface area contributed by atoms with Crippen LogP contribution in [0.15, 0.2) is 54.6 Å². The van der Waals surface area contributed by atoms with Gasteiger partial charge in [-0.2, -0.15) is 0 Å². The quantitative estimate of drug-likeness (QED) is 0.883. The molecule has 0 saturated carbocycles. The highest BCUT2D eigenvalue weighted by Crippen LogP contribution is 2.18. The molecule has 0 radical (unpaired) electrons. The van der Waals surface area contributed by atoms with Crippen molar-refractivity contribution in [2.45, 2.75) is 18.6 Å². The van der Waals surface area contributed by atoms with E-state index in [-0.39, 0.29) is 11.7 Å². The van der Waals surface area contributed by atoms with Gasteiger partial charge in [0.15, 0.2) is 0 Å². The maximum atomic E-state index is 12.1. The van der Waals surface area contributed by atoms with Crippen molar-refractivity contribution in [3.63, 3.8) is 0 Å². The van der Waals surface area contributed by atoms with Gasteiger partial charge in [-0.3, -0.25) is 0 Å². The Morgan fingerprint density at radius 3 is 2.33 bits per heavy atom. The highest BCUT2D eigenvalue weighted by Gasteiger charge is 2.15. The Hall–Kier alpha value is -1.36.